The molecule has 0 fully saturated rings. The first kappa shape index (κ1) is 18.0. The van der Waals surface area contributed by atoms with Crippen molar-refractivity contribution in [3.05, 3.63) is 70.7 Å². The summed E-state index contributed by atoms with van der Waals surface area (Å²) in [4.78, 5) is 22.8. The van der Waals surface area contributed by atoms with Gasteiger partial charge in [0.05, 0.1) is 11.5 Å². The van der Waals surface area contributed by atoms with Gasteiger partial charge in [0.25, 0.3) is 5.91 Å². The second kappa shape index (κ2) is 9.10. The number of nitrogens with one attached hydrogen (secondary N) is 1. The number of thioether (sulfide) groups is 1. The van der Waals surface area contributed by atoms with Crippen molar-refractivity contribution in [3.8, 4) is 0 Å². The third-order valence-electron chi connectivity index (χ3n) is 2.97. The second-order valence-electron chi connectivity index (χ2n) is 4.76. The Morgan fingerprint density at radius 1 is 1.00 bits per heavy atom. The normalized spacial score (nSPS) is 11.1. The zero-order chi connectivity index (χ0) is 17.4. The standard InChI is InChI=1S/C17H15ClN2O3S/c18-14-8-6-13(7-9-14)17(23)20-19-15(10-24-11-16(21)22)12-4-2-1-3-5-12/h1-9H,10-11H2,(H,20,23)(H,21,22)/b19-15-. The average Bonchev–Trinajstić information content (AvgIpc) is 2.58. The van der Waals surface area contributed by atoms with Gasteiger partial charge in [-0.1, -0.05) is 41.9 Å². The Hall–Kier alpha value is -2.31. The van der Waals surface area contributed by atoms with Crippen molar-refractivity contribution < 1.29 is 14.7 Å². The number of carboxylic acid groups (broad SMARTS) is 1. The van der Waals surface area contributed by atoms with Crippen LogP contribution in [-0.4, -0.2) is 34.2 Å². The molecule has 7 heteroatoms. The molecular weight excluding hydrogens is 348 g/mol. The molecule has 2 N–H and O–H groups in total. The van der Waals surface area contributed by atoms with Crippen LogP contribution >= 0.6 is 23.4 Å². The Bertz CT molecular complexity index is 733. The maximum absolute atomic E-state index is 12.1. The molecule has 0 saturated carbocycles. The molecule has 2 aromatic rings. The van der Waals surface area contributed by atoms with Gasteiger partial charge >= 0.3 is 5.97 Å². The molecule has 24 heavy (non-hydrogen) atoms. The highest BCUT2D eigenvalue weighted by molar-refractivity contribution is 8.00. The van der Waals surface area contributed by atoms with Crippen LogP contribution in [0, 0.1) is 0 Å². The summed E-state index contributed by atoms with van der Waals surface area (Å²) in [6.07, 6.45) is 0. The quantitative estimate of drug-likeness (QED) is 0.585. The summed E-state index contributed by atoms with van der Waals surface area (Å²) in [5.41, 5.74) is 4.37. The molecule has 2 rings (SSSR count). The lowest BCUT2D eigenvalue weighted by molar-refractivity contribution is -0.133. The van der Waals surface area contributed by atoms with E-state index in [0.717, 1.165) is 5.56 Å². The van der Waals surface area contributed by atoms with Gasteiger partial charge < -0.3 is 5.11 Å². The van der Waals surface area contributed by atoms with Crippen LogP contribution in [-0.2, 0) is 4.79 Å². The molecule has 1 amide bonds. The summed E-state index contributed by atoms with van der Waals surface area (Å²) in [5.74, 6) is -0.908. The Balaban J connectivity index is 2.10. The fourth-order valence-electron chi connectivity index (χ4n) is 1.83. The molecule has 2 aromatic carbocycles. The minimum atomic E-state index is -0.891. The number of hydrazone groups is 1. The summed E-state index contributed by atoms with van der Waals surface area (Å²) in [6, 6.07) is 15.8. The summed E-state index contributed by atoms with van der Waals surface area (Å²) < 4.78 is 0. The van der Waals surface area contributed by atoms with Crippen LogP contribution in [0.5, 0.6) is 0 Å². The van der Waals surface area contributed by atoms with Gasteiger partial charge in [-0.05, 0) is 29.8 Å². The van der Waals surface area contributed by atoms with Crippen LogP contribution in [0.25, 0.3) is 0 Å². The van der Waals surface area contributed by atoms with Gasteiger partial charge in [0.15, 0.2) is 0 Å². The molecule has 0 heterocycles. The van der Waals surface area contributed by atoms with Crippen molar-refractivity contribution in [2.45, 2.75) is 0 Å². The highest BCUT2D eigenvalue weighted by Crippen LogP contribution is 2.10. The van der Waals surface area contributed by atoms with Gasteiger partial charge in [-0.2, -0.15) is 5.10 Å². The van der Waals surface area contributed by atoms with E-state index in [1.165, 1.54) is 11.8 Å². The number of carboxylic acids is 1. The SMILES string of the molecule is O=C(O)CSC/C(=N/NC(=O)c1ccc(Cl)cc1)c1ccccc1. The summed E-state index contributed by atoms with van der Waals surface area (Å²) in [7, 11) is 0. The van der Waals surface area contributed by atoms with Gasteiger partial charge in [-0.15, -0.1) is 11.8 Å². The number of rotatable bonds is 7. The van der Waals surface area contributed by atoms with E-state index in [-0.39, 0.29) is 11.7 Å². The van der Waals surface area contributed by atoms with E-state index in [0.29, 0.717) is 22.1 Å². The third kappa shape index (κ3) is 5.72. The molecule has 0 aliphatic heterocycles. The van der Waals surface area contributed by atoms with Crippen LogP contribution < -0.4 is 5.43 Å². The van der Waals surface area contributed by atoms with Crippen LogP contribution in [0.2, 0.25) is 5.02 Å². The number of hydrogen-bond donors (Lipinski definition) is 2. The molecule has 0 aliphatic rings. The van der Waals surface area contributed by atoms with Crippen LogP contribution in [0.3, 0.4) is 0 Å². The van der Waals surface area contributed by atoms with Crippen LogP contribution in [0.15, 0.2) is 59.7 Å². The number of nitrogens with zero attached hydrogens (tertiary/aromatic N) is 1. The van der Waals surface area contributed by atoms with Gasteiger partial charge in [0.2, 0.25) is 0 Å². The van der Waals surface area contributed by atoms with Gasteiger partial charge in [-0.25, -0.2) is 5.43 Å². The van der Waals surface area contributed by atoms with Crippen molar-refractivity contribution in [1.82, 2.24) is 5.43 Å². The average molecular weight is 363 g/mol. The highest BCUT2D eigenvalue weighted by atomic mass is 35.5. The van der Waals surface area contributed by atoms with E-state index in [1.807, 2.05) is 30.3 Å². The first-order valence-corrected chi connectivity index (χ1v) is 8.57. The first-order chi connectivity index (χ1) is 11.6. The molecule has 5 nitrogen and oxygen atoms in total. The zero-order valence-corrected chi connectivity index (χ0v) is 14.2. The fourth-order valence-corrected chi connectivity index (χ4v) is 2.66. The second-order valence-corrected chi connectivity index (χ2v) is 6.18. The number of amides is 1. The summed E-state index contributed by atoms with van der Waals surface area (Å²) >= 11 is 7.01. The summed E-state index contributed by atoms with van der Waals surface area (Å²) in [6.45, 7) is 0. The largest absolute Gasteiger partial charge is 0.481 e. The minimum Gasteiger partial charge on any atom is -0.481 e. The first-order valence-electron chi connectivity index (χ1n) is 7.03. The van der Waals surface area contributed by atoms with E-state index < -0.39 is 5.97 Å². The lowest BCUT2D eigenvalue weighted by Gasteiger charge is -2.07. The highest BCUT2D eigenvalue weighted by Gasteiger charge is 2.08. The number of halogens is 1. The monoisotopic (exact) mass is 362 g/mol. The van der Waals surface area contributed by atoms with Crippen LogP contribution in [0.4, 0.5) is 0 Å². The van der Waals surface area contributed by atoms with E-state index in [4.69, 9.17) is 16.7 Å². The minimum absolute atomic E-state index is 0.0308. The smallest absolute Gasteiger partial charge is 0.313 e. The maximum atomic E-state index is 12.1. The van der Waals surface area contributed by atoms with E-state index in [2.05, 4.69) is 10.5 Å². The number of carbonyl (C=O) groups excluding carboxylic acids is 1. The van der Waals surface area contributed by atoms with Crippen molar-refractivity contribution in [3.63, 3.8) is 0 Å². The molecule has 124 valence electrons. The topological polar surface area (TPSA) is 78.8 Å². The third-order valence-corrected chi connectivity index (χ3v) is 4.15. The van der Waals surface area contributed by atoms with Crippen molar-refractivity contribution in [1.29, 1.82) is 0 Å². The molecule has 0 aromatic heterocycles. The zero-order valence-electron chi connectivity index (χ0n) is 12.6. The maximum Gasteiger partial charge on any atom is 0.313 e. The molecule has 0 bridgehead atoms. The Labute approximate surface area is 148 Å². The number of carbonyl (C=O) groups is 2. The predicted octanol–water partition coefficient (Wildman–Crippen LogP) is 3.29. The molecule has 0 saturated heterocycles. The van der Waals surface area contributed by atoms with Crippen molar-refractivity contribution >= 4 is 41.0 Å². The van der Waals surface area contributed by atoms with Gasteiger partial charge in [-0.3, -0.25) is 9.59 Å². The Kier molecular flexibility index (Phi) is 6.84. The van der Waals surface area contributed by atoms with E-state index in [1.54, 1.807) is 24.3 Å². The van der Waals surface area contributed by atoms with E-state index in [9.17, 15) is 9.59 Å². The number of aliphatic carboxylic acids is 1. The number of hydrogen-bond acceptors (Lipinski definition) is 4. The summed E-state index contributed by atoms with van der Waals surface area (Å²) in [5, 5.41) is 13.5. The lowest BCUT2D eigenvalue weighted by atomic mass is 10.1. The van der Waals surface area contributed by atoms with Crippen LogP contribution in [0.1, 0.15) is 15.9 Å². The van der Waals surface area contributed by atoms with Crippen molar-refractivity contribution in [2.75, 3.05) is 11.5 Å². The lowest BCUT2D eigenvalue weighted by Crippen LogP contribution is -2.21. The Morgan fingerprint density at radius 2 is 1.67 bits per heavy atom. The predicted molar refractivity (Wildman–Crippen MR) is 96.9 cm³/mol. The molecule has 0 aliphatic carbocycles. The molecule has 0 atom stereocenters. The fraction of sp³-hybridized carbons (Fsp3) is 0.118. The Morgan fingerprint density at radius 3 is 2.29 bits per heavy atom. The molecule has 0 unspecified atom stereocenters. The van der Waals surface area contributed by atoms with Gasteiger partial charge in [0.1, 0.15) is 0 Å². The van der Waals surface area contributed by atoms with E-state index >= 15 is 0 Å². The van der Waals surface area contributed by atoms with Crippen molar-refractivity contribution in [2.24, 2.45) is 5.10 Å². The molecular formula is C17H15ClN2O3S. The molecule has 0 spiro atoms. The molecule has 0 radical (unpaired) electrons. The van der Waals surface area contributed by atoms with Gasteiger partial charge in [0, 0.05) is 16.3 Å². The number of benzene rings is 2.